The maximum Gasteiger partial charge on any atom is 0.0715 e. The summed E-state index contributed by atoms with van der Waals surface area (Å²) < 4.78 is 0. The van der Waals surface area contributed by atoms with E-state index in [4.69, 9.17) is 0 Å². The minimum absolute atomic E-state index is 0.463. The van der Waals surface area contributed by atoms with Crippen LogP contribution in [0, 0.1) is 0 Å². The molecule has 0 amide bonds. The molecule has 0 spiro atoms. The van der Waals surface area contributed by atoms with Crippen LogP contribution in [0.25, 0.3) is 56.7 Å². The molecule has 0 saturated carbocycles. The van der Waals surface area contributed by atoms with Gasteiger partial charge in [0.25, 0.3) is 0 Å². The molecule has 6 aromatic rings. The first kappa shape index (κ1) is 27.6. The monoisotopic (exact) mass is 592 g/mol. The predicted octanol–water partition coefficient (Wildman–Crippen LogP) is 12.1. The number of rotatable bonds is 6. The van der Waals surface area contributed by atoms with Crippen LogP contribution >= 0.6 is 0 Å². The average molecular weight is 593 g/mol. The highest BCUT2D eigenvalue weighted by Gasteiger charge is 2.43. The van der Waals surface area contributed by atoms with Gasteiger partial charge < -0.3 is 0 Å². The van der Waals surface area contributed by atoms with E-state index < -0.39 is 8.07 Å². The van der Waals surface area contributed by atoms with E-state index in [1.165, 1.54) is 66.8 Å². The molecule has 2 atom stereocenters. The Morgan fingerprint density at radius 1 is 0.356 bits per heavy atom. The van der Waals surface area contributed by atoms with Crippen molar-refractivity contribution in [1.29, 1.82) is 0 Å². The maximum atomic E-state index is 2.59. The molecule has 2 aliphatic carbocycles. The van der Waals surface area contributed by atoms with Gasteiger partial charge in [0, 0.05) is 0 Å². The van der Waals surface area contributed by atoms with E-state index in [9.17, 15) is 0 Å². The van der Waals surface area contributed by atoms with Crippen LogP contribution < -0.4 is 0 Å². The molecule has 0 fully saturated rings. The first-order valence-electron chi connectivity index (χ1n) is 16.0. The van der Waals surface area contributed by atoms with Gasteiger partial charge in [0.15, 0.2) is 0 Å². The zero-order valence-electron chi connectivity index (χ0n) is 25.8. The Balaban J connectivity index is 1.09. The summed E-state index contributed by atoms with van der Waals surface area (Å²) in [5.74, 6) is 0. The minimum atomic E-state index is -1.87. The minimum Gasteiger partial charge on any atom is -0.0791 e. The molecule has 0 nitrogen and oxygen atoms in total. The molecule has 0 saturated heterocycles. The summed E-state index contributed by atoms with van der Waals surface area (Å²) in [5.41, 5.74) is 17.0. The maximum absolute atomic E-state index is 2.59. The zero-order valence-corrected chi connectivity index (χ0v) is 26.8. The molecular weight excluding hydrogens is 557 g/mol. The summed E-state index contributed by atoms with van der Waals surface area (Å²) in [6.07, 6.45) is 9.83. The van der Waals surface area contributed by atoms with Crippen molar-refractivity contribution in [3.8, 4) is 44.5 Å². The predicted molar refractivity (Wildman–Crippen MR) is 196 cm³/mol. The second-order valence-electron chi connectivity index (χ2n) is 13.0. The third kappa shape index (κ3) is 4.85. The van der Waals surface area contributed by atoms with E-state index in [-0.39, 0.29) is 0 Å². The lowest BCUT2D eigenvalue weighted by Crippen LogP contribution is -2.40. The normalized spacial score (nSPS) is 16.5. The van der Waals surface area contributed by atoms with Gasteiger partial charge in [-0.1, -0.05) is 183 Å². The number of hydrogen-bond donors (Lipinski definition) is 0. The van der Waals surface area contributed by atoms with E-state index in [0.29, 0.717) is 11.1 Å². The van der Waals surface area contributed by atoms with Crippen molar-refractivity contribution in [1.82, 2.24) is 0 Å². The Morgan fingerprint density at radius 3 is 1.11 bits per heavy atom. The molecule has 2 aliphatic rings. The lowest BCUT2D eigenvalue weighted by atomic mass is 9.95. The molecule has 0 aromatic heterocycles. The SMILES string of the molecule is C[Si](C)(C1C=Cc2c(-c3ccc(-c4ccccc4)cc3)cccc21)C1C=Cc2c(-c3ccc(-c4ccccc4)cc3)cccc21. The summed E-state index contributed by atoms with van der Waals surface area (Å²) in [7, 11) is -1.87. The van der Waals surface area contributed by atoms with Crippen LogP contribution in [-0.2, 0) is 0 Å². The van der Waals surface area contributed by atoms with Crippen molar-refractivity contribution in [2.75, 3.05) is 0 Å². The van der Waals surface area contributed by atoms with Crippen molar-refractivity contribution in [2.45, 2.75) is 24.2 Å². The van der Waals surface area contributed by atoms with E-state index in [1.54, 1.807) is 0 Å². The van der Waals surface area contributed by atoms with Gasteiger partial charge in [0.2, 0.25) is 0 Å². The Bertz CT molecular complexity index is 1900. The highest BCUT2D eigenvalue weighted by molar-refractivity contribution is 6.81. The molecule has 216 valence electrons. The Labute approximate surface area is 268 Å². The van der Waals surface area contributed by atoms with Crippen LogP contribution in [-0.4, -0.2) is 8.07 Å². The second kappa shape index (κ2) is 11.2. The quantitative estimate of drug-likeness (QED) is 0.169. The van der Waals surface area contributed by atoms with Crippen LogP contribution in [0.15, 0.2) is 158 Å². The fraction of sp³-hybridized carbons (Fsp3) is 0.0909. The molecule has 0 bridgehead atoms. The van der Waals surface area contributed by atoms with Crippen LogP contribution in [0.5, 0.6) is 0 Å². The van der Waals surface area contributed by atoms with Gasteiger partial charge in [-0.15, -0.1) is 0 Å². The topological polar surface area (TPSA) is 0 Å². The van der Waals surface area contributed by atoms with Crippen molar-refractivity contribution < 1.29 is 0 Å². The molecule has 0 radical (unpaired) electrons. The third-order valence-corrected chi connectivity index (χ3v) is 14.3. The number of allylic oxidation sites excluding steroid dienone is 2. The van der Waals surface area contributed by atoms with E-state index in [1.807, 2.05) is 0 Å². The van der Waals surface area contributed by atoms with Crippen molar-refractivity contribution >= 4 is 20.2 Å². The van der Waals surface area contributed by atoms with E-state index in [0.717, 1.165) is 0 Å². The fourth-order valence-electron chi connectivity index (χ4n) is 7.61. The van der Waals surface area contributed by atoms with Crippen molar-refractivity contribution in [3.05, 3.63) is 180 Å². The first-order valence-corrected chi connectivity index (χ1v) is 19.2. The summed E-state index contributed by atoms with van der Waals surface area (Å²) >= 11 is 0. The molecule has 6 aromatic carbocycles. The molecular formula is C44H36Si. The Hall–Kier alpha value is -4.98. The molecule has 8 rings (SSSR count). The van der Waals surface area contributed by atoms with Crippen LogP contribution in [0.4, 0.5) is 0 Å². The van der Waals surface area contributed by atoms with Gasteiger partial charge in [-0.05, 0) is 77.8 Å². The number of benzene rings is 6. The number of fused-ring (bicyclic) bond motifs is 2. The molecule has 0 aliphatic heterocycles. The van der Waals surface area contributed by atoms with Crippen molar-refractivity contribution in [3.63, 3.8) is 0 Å². The van der Waals surface area contributed by atoms with Crippen LogP contribution in [0.3, 0.4) is 0 Å². The van der Waals surface area contributed by atoms with Crippen molar-refractivity contribution in [2.24, 2.45) is 0 Å². The summed E-state index contributed by atoms with van der Waals surface area (Å²) in [5, 5.41) is 0. The smallest absolute Gasteiger partial charge is 0.0715 e. The van der Waals surface area contributed by atoms with Crippen LogP contribution in [0.1, 0.15) is 33.3 Å². The van der Waals surface area contributed by atoms with Gasteiger partial charge in [0.05, 0.1) is 8.07 Å². The lowest BCUT2D eigenvalue weighted by Gasteiger charge is -2.35. The lowest BCUT2D eigenvalue weighted by molar-refractivity contribution is 1.05. The molecule has 1 heteroatoms. The molecule has 45 heavy (non-hydrogen) atoms. The average Bonchev–Trinajstić information content (AvgIpc) is 3.75. The Kier molecular flexibility index (Phi) is 6.85. The van der Waals surface area contributed by atoms with E-state index >= 15 is 0 Å². The second-order valence-corrected chi connectivity index (χ2v) is 17.9. The first-order chi connectivity index (χ1) is 22.1. The molecule has 0 heterocycles. The van der Waals surface area contributed by atoms with Gasteiger partial charge in [-0.25, -0.2) is 0 Å². The summed E-state index contributed by atoms with van der Waals surface area (Å²) in [4.78, 5) is 0. The van der Waals surface area contributed by atoms with Gasteiger partial charge >= 0.3 is 0 Å². The zero-order chi connectivity index (χ0) is 30.4. The van der Waals surface area contributed by atoms with E-state index in [2.05, 4.69) is 183 Å². The van der Waals surface area contributed by atoms with Gasteiger partial charge in [-0.3, -0.25) is 0 Å². The molecule has 0 N–H and O–H groups in total. The van der Waals surface area contributed by atoms with Crippen LogP contribution in [0.2, 0.25) is 13.1 Å². The summed E-state index contributed by atoms with van der Waals surface area (Å²) in [6, 6.07) is 53.3. The van der Waals surface area contributed by atoms with Gasteiger partial charge in [-0.2, -0.15) is 0 Å². The summed E-state index contributed by atoms with van der Waals surface area (Å²) in [6.45, 7) is 5.17. The largest absolute Gasteiger partial charge is 0.0791 e. The standard InChI is InChI=1S/C44H36Si/c1-45(2,43-29-27-39-37(15-9-17-41(39)43)35-23-19-33(20-24-35)31-11-5-3-6-12-31)44-30-28-40-38(16-10-18-42(40)44)36-25-21-34(22-26-36)32-13-7-4-8-14-32/h3-30,43-44H,1-2H3. The Morgan fingerprint density at radius 2 is 0.711 bits per heavy atom. The van der Waals surface area contributed by atoms with Gasteiger partial charge in [0.1, 0.15) is 0 Å². The highest BCUT2D eigenvalue weighted by atomic mass is 28.3. The number of hydrogen-bond acceptors (Lipinski definition) is 0. The highest BCUT2D eigenvalue weighted by Crippen LogP contribution is 2.49. The third-order valence-electron chi connectivity index (χ3n) is 10.1. The molecule has 2 unspecified atom stereocenters. The fourth-order valence-corrected chi connectivity index (χ4v) is 11.3.